The van der Waals surface area contributed by atoms with Crippen LogP contribution in [0.4, 0.5) is 0 Å². The van der Waals surface area contributed by atoms with Crippen molar-refractivity contribution in [3.8, 4) is 0 Å². The zero-order valence-electron chi connectivity index (χ0n) is 18.3. The zero-order valence-corrected chi connectivity index (χ0v) is 19.1. The van der Waals surface area contributed by atoms with Gasteiger partial charge in [0.25, 0.3) is 10.1 Å². The summed E-state index contributed by atoms with van der Waals surface area (Å²) in [5, 5.41) is 0. The second kappa shape index (κ2) is 18.1. The highest BCUT2D eigenvalue weighted by Crippen LogP contribution is 2.20. The van der Waals surface area contributed by atoms with E-state index in [1.165, 1.54) is 19.3 Å². The topological polar surface area (TPSA) is 60.4 Å². The predicted octanol–water partition coefficient (Wildman–Crippen LogP) is 6.37. The fourth-order valence-electron chi connectivity index (χ4n) is 3.13. The molecule has 0 amide bonds. The van der Waals surface area contributed by atoms with Gasteiger partial charge in [0, 0.05) is 5.92 Å². The summed E-state index contributed by atoms with van der Waals surface area (Å²) in [6.45, 7) is 4.01. The fourth-order valence-corrected chi connectivity index (χ4v) is 3.46. The van der Waals surface area contributed by atoms with Crippen LogP contribution in [0, 0.1) is 5.92 Å². The molecule has 0 aliphatic heterocycles. The Hall–Kier alpha value is -0.940. The molecule has 5 heteroatoms. The first-order chi connectivity index (χ1) is 13.4. The maximum absolute atomic E-state index is 12.4. The van der Waals surface area contributed by atoms with Crippen LogP contribution < -0.4 is 0 Å². The Balaban J connectivity index is 4.17. The number of allylic oxidation sites excluding steroid dienone is 4. The molecule has 0 N–H and O–H groups in total. The maximum Gasteiger partial charge on any atom is 0.264 e. The highest BCUT2D eigenvalue weighted by atomic mass is 32.2. The van der Waals surface area contributed by atoms with Gasteiger partial charge in [0.1, 0.15) is 6.61 Å². The molecule has 0 aliphatic rings. The second-order valence-electron chi connectivity index (χ2n) is 7.56. The molecule has 0 aromatic carbocycles. The average Bonchev–Trinajstić information content (AvgIpc) is 2.65. The summed E-state index contributed by atoms with van der Waals surface area (Å²) in [6.07, 6.45) is 23.7. The van der Waals surface area contributed by atoms with Crippen molar-refractivity contribution in [2.24, 2.45) is 5.92 Å². The summed E-state index contributed by atoms with van der Waals surface area (Å²) in [6, 6.07) is 0. The number of unbranched alkanes of at least 4 members (excludes halogenated alkanes) is 7. The number of ketones is 1. The van der Waals surface area contributed by atoms with Crippen LogP contribution in [0.1, 0.15) is 97.3 Å². The van der Waals surface area contributed by atoms with Gasteiger partial charge in [0.15, 0.2) is 5.78 Å². The van der Waals surface area contributed by atoms with E-state index in [0.29, 0.717) is 0 Å². The molecule has 0 heterocycles. The Kier molecular flexibility index (Phi) is 17.5. The number of rotatable bonds is 19. The molecule has 1 unspecified atom stereocenters. The monoisotopic (exact) mass is 414 g/mol. The van der Waals surface area contributed by atoms with E-state index in [1.807, 2.05) is 0 Å². The van der Waals surface area contributed by atoms with Crippen molar-refractivity contribution in [1.82, 2.24) is 0 Å². The van der Waals surface area contributed by atoms with E-state index in [4.69, 9.17) is 4.18 Å². The van der Waals surface area contributed by atoms with E-state index in [0.717, 1.165) is 70.5 Å². The van der Waals surface area contributed by atoms with Crippen molar-refractivity contribution in [2.75, 3.05) is 12.9 Å². The average molecular weight is 415 g/mol. The molecule has 0 saturated carbocycles. The lowest BCUT2D eigenvalue weighted by molar-refractivity contribution is -0.125. The molecule has 0 aliphatic carbocycles. The van der Waals surface area contributed by atoms with Gasteiger partial charge in [0.05, 0.1) is 6.26 Å². The molecule has 0 aromatic heterocycles. The molecule has 0 fully saturated rings. The Bertz CT molecular complexity index is 535. The number of Topliss-reactive ketones (excluding diaryl/α,β-unsaturated/α-hetero) is 1. The van der Waals surface area contributed by atoms with Gasteiger partial charge in [-0.2, -0.15) is 8.42 Å². The predicted molar refractivity (Wildman–Crippen MR) is 119 cm³/mol. The number of hydrogen-bond donors (Lipinski definition) is 0. The van der Waals surface area contributed by atoms with Crippen LogP contribution >= 0.6 is 0 Å². The summed E-state index contributed by atoms with van der Waals surface area (Å²) in [4.78, 5) is 12.4. The van der Waals surface area contributed by atoms with Crippen LogP contribution in [-0.4, -0.2) is 27.1 Å². The van der Waals surface area contributed by atoms with Gasteiger partial charge < -0.3 is 0 Å². The lowest BCUT2D eigenvalue weighted by Crippen LogP contribution is -2.22. The van der Waals surface area contributed by atoms with E-state index in [1.54, 1.807) is 0 Å². The van der Waals surface area contributed by atoms with Crippen LogP contribution in [0.3, 0.4) is 0 Å². The normalized spacial score (nSPS) is 13.5. The van der Waals surface area contributed by atoms with Crippen molar-refractivity contribution in [2.45, 2.75) is 97.3 Å². The van der Waals surface area contributed by atoms with E-state index in [2.05, 4.69) is 38.2 Å². The van der Waals surface area contributed by atoms with E-state index in [-0.39, 0.29) is 18.3 Å². The molecule has 4 nitrogen and oxygen atoms in total. The molecule has 0 bridgehead atoms. The van der Waals surface area contributed by atoms with Gasteiger partial charge in [-0.3, -0.25) is 8.98 Å². The summed E-state index contributed by atoms with van der Waals surface area (Å²) in [5.41, 5.74) is 0. The first-order valence-corrected chi connectivity index (χ1v) is 12.9. The standard InChI is InChI=1S/C23H42O4S/c1-4-6-8-10-11-12-13-14-16-18-20-22(19-17-15-9-7-5-2)23(24)21-27-28(3,25)26/h6,8,11-12,22H,4-5,7,9-10,13-21H2,1-3H3. The van der Waals surface area contributed by atoms with E-state index < -0.39 is 10.1 Å². The molecule has 0 spiro atoms. The van der Waals surface area contributed by atoms with Gasteiger partial charge in [-0.25, -0.2) is 0 Å². The van der Waals surface area contributed by atoms with Gasteiger partial charge in [-0.05, 0) is 38.5 Å². The van der Waals surface area contributed by atoms with Crippen molar-refractivity contribution in [3.63, 3.8) is 0 Å². The molecule has 28 heavy (non-hydrogen) atoms. The minimum Gasteiger partial charge on any atom is -0.297 e. The third-order valence-corrected chi connectivity index (χ3v) is 5.34. The minimum atomic E-state index is -3.56. The van der Waals surface area contributed by atoms with Crippen molar-refractivity contribution in [3.05, 3.63) is 24.3 Å². The second-order valence-corrected chi connectivity index (χ2v) is 9.20. The third-order valence-electron chi connectivity index (χ3n) is 4.79. The Morgan fingerprint density at radius 1 is 0.857 bits per heavy atom. The highest BCUT2D eigenvalue weighted by molar-refractivity contribution is 7.86. The summed E-state index contributed by atoms with van der Waals surface area (Å²) >= 11 is 0. The number of hydrogen-bond acceptors (Lipinski definition) is 4. The molecule has 164 valence electrons. The smallest absolute Gasteiger partial charge is 0.264 e. The summed E-state index contributed by atoms with van der Waals surface area (Å²) in [5.74, 6) is -0.137. The first kappa shape index (κ1) is 27.1. The molecule has 0 rings (SSSR count). The number of carbonyl (C=O) groups is 1. The lowest BCUT2D eigenvalue weighted by atomic mass is 9.91. The summed E-state index contributed by atoms with van der Waals surface area (Å²) < 4.78 is 27.0. The van der Waals surface area contributed by atoms with Gasteiger partial charge >= 0.3 is 0 Å². The quantitative estimate of drug-likeness (QED) is 0.140. The van der Waals surface area contributed by atoms with Gasteiger partial charge in [0.2, 0.25) is 0 Å². The first-order valence-electron chi connectivity index (χ1n) is 11.1. The largest absolute Gasteiger partial charge is 0.297 e. The fraction of sp³-hybridized carbons (Fsp3) is 0.783. The molecular weight excluding hydrogens is 372 g/mol. The highest BCUT2D eigenvalue weighted by Gasteiger charge is 2.19. The van der Waals surface area contributed by atoms with Crippen molar-refractivity contribution < 1.29 is 17.4 Å². The maximum atomic E-state index is 12.4. The minimum absolute atomic E-state index is 0.0662. The molecule has 0 aromatic rings. The van der Waals surface area contributed by atoms with Crippen LogP contribution in [0.15, 0.2) is 24.3 Å². The van der Waals surface area contributed by atoms with Crippen LogP contribution in [0.5, 0.6) is 0 Å². The van der Waals surface area contributed by atoms with Crippen LogP contribution in [0.25, 0.3) is 0 Å². The van der Waals surface area contributed by atoms with Gasteiger partial charge in [-0.1, -0.05) is 83.1 Å². The molecular formula is C23H42O4S. The zero-order chi connectivity index (χ0) is 21.1. The number of carbonyl (C=O) groups excluding carboxylic acids is 1. The van der Waals surface area contributed by atoms with E-state index >= 15 is 0 Å². The van der Waals surface area contributed by atoms with E-state index in [9.17, 15) is 13.2 Å². The molecule has 0 radical (unpaired) electrons. The van der Waals surface area contributed by atoms with Crippen LogP contribution in [-0.2, 0) is 19.1 Å². The Morgan fingerprint density at radius 3 is 2.07 bits per heavy atom. The summed E-state index contributed by atoms with van der Waals surface area (Å²) in [7, 11) is -3.56. The lowest BCUT2D eigenvalue weighted by Gasteiger charge is -2.15. The molecule has 0 saturated heterocycles. The van der Waals surface area contributed by atoms with Crippen molar-refractivity contribution >= 4 is 15.9 Å². The van der Waals surface area contributed by atoms with Gasteiger partial charge in [-0.15, -0.1) is 0 Å². The molecule has 1 atom stereocenters. The van der Waals surface area contributed by atoms with Crippen molar-refractivity contribution in [1.29, 1.82) is 0 Å². The Morgan fingerprint density at radius 2 is 1.46 bits per heavy atom. The Labute approximate surface area is 173 Å². The third kappa shape index (κ3) is 18.4. The SMILES string of the molecule is CCC=CCC=CCCCCCC(CCCCCCC)C(=O)COS(C)(=O)=O. The van der Waals surface area contributed by atoms with Crippen LogP contribution in [0.2, 0.25) is 0 Å².